The standard InChI is InChI=1S/C8H15N5OS/c1-7(13-8(15)9-10-11-13)6-12-2-4-14-5-3-12/h7H,2-6H2,1H3,(H,9,11,15). The Bertz CT molecular complexity index is 356. The molecular formula is C8H15N5OS. The Kier molecular flexibility index (Phi) is 3.45. The van der Waals surface area contributed by atoms with Gasteiger partial charge in [0.25, 0.3) is 0 Å². The summed E-state index contributed by atoms with van der Waals surface area (Å²) < 4.78 is 7.61. The molecule has 1 aliphatic heterocycles. The molecule has 0 amide bonds. The normalized spacial score (nSPS) is 20.3. The van der Waals surface area contributed by atoms with Gasteiger partial charge in [-0.3, -0.25) is 4.90 Å². The van der Waals surface area contributed by atoms with Gasteiger partial charge in [0, 0.05) is 19.6 Å². The van der Waals surface area contributed by atoms with Crippen LogP contribution in [0.2, 0.25) is 0 Å². The fourth-order valence-electron chi connectivity index (χ4n) is 1.73. The number of ether oxygens (including phenoxy) is 1. The number of aromatic amines is 1. The molecule has 2 heterocycles. The van der Waals surface area contributed by atoms with E-state index in [1.54, 1.807) is 0 Å². The molecule has 84 valence electrons. The first-order valence-electron chi connectivity index (χ1n) is 5.07. The highest BCUT2D eigenvalue weighted by Gasteiger charge is 2.15. The number of nitrogens with one attached hydrogen (secondary N) is 1. The van der Waals surface area contributed by atoms with Crippen LogP contribution in [0, 0.1) is 4.77 Å². The second-order valence-corrected chi connectivity index (χ2v) is 4.08. The summed E-state index contributed by atoms with van der Waals surface area (Å²) in [6.45, 7) is 6.66. The van der Waals surface area contributed by atoms with Crippen molar-refractivity contribution in [3.63, 3.8) is 0 Å². The first-order chi connectivity index (χ1) is 7.27. The average Bonchev–Trinajstić information content (AvgIpc) is 2.66. The van der Waals surface area contributed by atoms with E-state index in [1.807, 2.05) is 4.68 Å². The SMILES string of the molecule is CC(CN1CCOCC1)n1[nH]nnc1=S. The number of rotatable bonds is 3. The van der Waals surface area contributed by atoms with Crippen molar-refractivity contribution >= 4 is 12.2 Å². The van der Waals surface area contributed by atoms with E-state index in [9.17, 15) is 0 Å². The molecule has 1 aromatic heterocycles. The van der Waals surface area contributed by atoms with E-state index in [0.717, 1.165) is 32.8 Å². The Balaban J connectivity index is 1.94. The second kappa shape index (κ2) is 4.82. The molecule has 1 fully saturated rings. The smallest absolute Gasteiger partial charge is 0.238 e. The van der Waals surface area contributed by atoms with Gasteiger partial charge in [-0.2, -0.15) is 5.21 Å². The van der Waals surface area contributed by atoms with Crippen LogP contribution in [0.3, 0.4) is 0 Å². The molecule has 15 heavy (non-hydrogen) atoms. The predicted octanol–water partition coefficient (Wildman–Crippen LogP) is 0.229. The summed E-state index contributed by atoms with van der Waals surface area (Å²) in [5.41, 5.74) is 0. The maximum atomic E-state index is 5.29. The van der Waals surface area contributed by atoms with Gasteiger partial charge >= 0.3 is 0 Å². The number of nitrogens with zero attached hydrogens (tertiary/aromatic N) is 4. The Morgan fingerprint density at radius 3 is 2.87 bits per heavy atom. The lowest BCUT2D eigenvalue weighted by Crippen LogP contribution is -2.39. The fourth-order valence-corrected chi connectivity index (χ4v) is 1.99. The molecule has 1 unspecified atom stereocenters. The van der Waals surface area contributed by atoms with Crippen LogP contribution < -0.4 is 0 Å². The van der Waals surface area contributed by atoms with E-state index < -0.39 is 0 Å². The first kappa shape index (κ1) is 10.7. The third-order valence-corrected chi connectivity index (χ3v) is 2.84. The van der Waals surface area contributed by atoms with Crippen molar-refractivity contribution < 1.29 is 4.74 Å². The van der Waals surface area contributed by atoms with Crippen molar-refractivity contribution in [2.45, 2.75) is 13.0 Å². The van der Waals surface area contributed by atoms with E-state index in [1.165, 1.54) is 0 Å². The summed E-state index contributed by atoms with van der Waals surface area (Å²) in [6, 6.07) is 0.269. The second-order valence-electron chi connectivity index (χ2n) is 3.71. The predicted molar refractivity (Wildman–Crippen MR) is 57.2 cm³/mol. The Labute approximate surface area is 93.2 Å². The number of aromatic nitrogens is 4. The third kappa shape index (κ3) is 2.61. The van der Waals surface area contributed by atoms with E-state index in [4.69, 9.17) is 17.0 Å². The highest BCUT2D eigenvalue weighted by Crippen LogP contribution is 2.07. The molecule has 1 saturated heterocycles. The molecule has 1 N–H and O–H groups in total. The van der Waals surface area contributed by atoms with Crippen LogP contribution in [0.1, 0.15) is 13.0 Å². The number of morpholine rings is 1. The summed E-state index contributed by atoms with van der Waals surface area (Å²) in [6.07, 6.45) is 0. The molecule has 1 aromatic rings. The first-order valence-corrected chi connectivity index (χ1v) is 5.48. The van der Waals surface area contributed by atoms with E-state index in [2.05, 4.69) is 27.3 Å². The molecule has 0 saturated carbocycles. The molecule has 0 bridgehead atoms. The van der Waals surface area contributed by atoms with Crippen molar-refractivity contribution in [3.8, 4) is 0 Å². The van der Waals surface area contributed by atoms with Crippen LogP contribution in [0.15, 0.2) is 0 Å². The average molecular weight is 229 g/mol. The van der Waals surface area contributed by atoms with Gasteiger partial charge in [-0.25, -0.2) is 4.68 Å². The highest BCUT2D eigenvalue weighted by atomic mass is 32.1. The topological polar surface area (TPSA) is 59.0 Å². The van der Waals surface area contributed by atoms with Gasteiger partial charge in [0.1, 0.15) is 0 Å². The van der Waals surface area contributed by atoms with Crippen LogP contribution in [0.25, 0.3) is 0 Å². The Morgan fingerprint density at radius 1 is 1.53 bits per heavy atom. The van der Waals surface area contributed by atoms with Gasteiger partial charge in [0.15, 0.2) is 0 Å². The van der Waals surface area contributed by atoms with Gasteiger partial charge in [-0.15, -0.1) is 0 Å². The molecular weight excluding hydrogens is 214 g/mol. The number of hydrogen-bond acceptors (Lipinski definition) is 5. The summed E-state index contributed by atoms with van der Waals surface area (Å²) in [5.74, 6) is 0. The summed E-state index contributed by atoms with van der Waals surface area (Å²) in [5, 5.41) is 10.2. The Hall–Kier alpha value is -0.790. The van der Waals surface area contributed by atoms with Crippen LogP contribution in [-0.4, -0.2) is 58.0 Å². The molecule has 0 radical (unpaired) electrons. The van der Waals surface area contributed by atoms with Gasteiger partial charge in [0.05, 0.1) is 19.3 Å². The molecule has 0 aliphatic carbocycles. The summed E-state index contributed by atoms with van der Waals surface area (Å²) in [7, 11) is 0. The van der Waals surface area contributed by atoms with Gasteiger partial charge < -0.3 is 4.74 Å². The summed E-state index contributed by atoms with van der Waals surface area (Å²) >= 11 is 5.04. The van der Waals surface area contributed by atoms with Crippen molar-refractivity contribution in [2.75, 3.05) is 32.8 Å². The quantitative estimate of drug-likeness (QED) is 0.752. The van der Waals surface area contributed by atoms with Crippen LogP contribution in [-0.2, 0) is 4.74 Å². The zero-order chi connectivity index (χ0) is 10.7. The largest absolute Gasteiger partial charge is 0.379 e. The number of tetrazole rings is 1. The van der Waals surface area contributed by atoms with E-state index in [-0.39, 0.29) is 6.04 Å². The molecule has 1 atom stereocenters. The van der Waals surface area contributed by atoms with Crippen LogP contribution in [0.5, 0.6) is 0 Å². The maximum absolute atomic E-state index is 5.29. The molecule has 6 nitrogen and oxygen atoms in total. The van der Waals surface area contributed by atoms with Crippen LogP contribution in [0.4, 0.5) is 0 Å². The zero-order valence-electron chi connectivity index (χ0n) is 8.72. The monoisotopic (exact) mass is 229 g/mol. The number of H-pyrrole nitrogens is 1. The van der Waals surface area contributed by atoms with Crippen LogP contribution >= 0.6 is 12.2 Å². The van der Waals surface area contributed by atoms with E-state index >= 15 is 0 Å². The van der Waals surface area contributed by atoms with Gasteiger partial charge in [0.2, 0.25) is 4.77 Å². The minimum absolute atomic E-state index is 0.269. The highest BCUT2D eigenvalue weighted by molar-refractivity contribution is 7.71. The summed E-state index contributed by atoms with van der Waals surface area (Å²) in [4.78, 5) is 2.36. The van der Waals surface area contributed by atoms with Gasteiger partial charge in [-0.05, 0) is 19.1 Å². The molecule has 2 rings (SSSR count). The lowest BCUT2D eigenvalue weighted by Gasteiger charge is -2.28. The maximum Gasteiger partial charge on any atom is 0.238 e. The Morgan fingerprint density at radius 2 is 2.27 bits per heavy atom. The minimum atomic E-state index is 0.269. The van der Waals surface area contributed by atoms with Crippen molar-refractivity contribution in [1.82, 2.24) is 25.1 Å². The van der Waals surface area contributed by atoms with Gasteiger partial charge in [-0.1, -0.05) is 10.3 Å². The molecule has 0 aromatic carbocycles. The third-order valence-electron chi connectivity index (χ3n) is 2.56. The number of hydrogen-bond donors (Lipinski definition) is 1. The lowest BCUT2D eigenvalue weighted by molar-refractivity contribution is 0.0317. The van der Waals surface area contributed by atoms with E-state index in [0.29, 0.717) is 4.77 Å². The molecule has 7 heteroatoms. The molecule has 1 aliphatic rings. The minimum Gasteiger partial charge on any atom is -0.379 e. The fraction of sp³-hybridized carbons (Fsp3) is 0.875. The van der Waals surface area contributed by atoms with Crippen molar-refractivity contribution in [3.05, 3.63) is 4.77 Å². The zero-order valence-corrected chi connectivity index (χ0v) is 9.53. The van der Waals surface area contributed by atoms with Crippen molar-refractivity contribution in [1.29, 1.82) is 0 Å². The molecule has 0 spiro atoms. The lowest BCUT2D eigenvalue weighted by atomic mass is 10.3. The van der Waals surface area contributed by atoms with Crippen molar-refractivity contribution in [2.24, 2.45) is 0 Å².